The second-order valence-corrected chi connectivity index (χ2v) is 5.65. The molecule has 1 aromatic carbocycles. The molecule has 23 heavy (non-hydrogen) atoms. The highest BCUT2D eigenvalue weighted by atomic mass is 35.5. The van der Waals surface area contributed by atoms with Crippen molar-refractivity contribution in [2.24, 2.45) is 0 Å². The molecule has 0 spiro atoms. The summed E-state index contributed by atoms with van der Waals surface area (Å²) >= 11 is 6.39. The summed E-state index contributed by atoms with van der Waals surface area (Å²) in [7, 11) is 0. The van der Waals surface area contributed by atoms with Crippen LogP contribution < -0.4 is 5.32 Å². The molecule has 1 aromatic heterocycles. The molecule has 0 saturated heterocycles. The van der Waals surface area contributed by atoms with Gasteiger partial charge in [-0.1, -0.05) is 29.8 Å². The van der Waals surface area contributed by atoms with Gasteiger partial charge in [-0.05, 0) is 38.5 Å². The van der Waals surface area contributed by atoms with Gasteiger partial charge in [-0.2, -0.15) is 5.10 Å². The summed E-state index contributed by atoms with van der Waals surface area (Å²) in [6.07, 6.45) is 3.61. The number of aromatic nitrogens is 2. The van der Waals surface area contributed by atoms with Crippen molar-refractivity contribution in [1.82, 2.24) is 15.1 Å². The summed E-state index contributed by atoms with van der Waals surface area (Å²) in [4.78, 5) is 11.9. The van der Waals surface area contributed by atoms with Crippen LogP contribution in [0.25, 0.3) is 11.8 Å². The van der Waals surface area contributed by atoms with Gasteiger partial charge in [0.25, 0.3) is 0 Å². The average molecular weight is 334 g/mol. The first-order valence-corrected chi connectivity index (χ1v) is 7.80. The maximum atomic E-state index is 11.9. The number of aliphatic hydroxyl groups excluding tert-OH is 1. The molecule has 0 saturated carbocycles. The highest BCUT2D eigenvalue weighted by Crippen LogP contribution is 2.24. The SMILES string of the molecule is Cc1nn(-c2ccccc2)c(Cl)c1/C=C/C(=O)NC(C)CCO. The van der Waals surface area contributed by atoms with Crippen LogP contribution >= 0.6 is 11.6 Å². The number of aliphatic hydroxyl groups is 1. The van der Waals surface area contributed by atoms with Gasteiger partial charge in [0, 0.05) is 24.3 Å². The van der Waals surface area contributed by atoms with E-state index in [2.05, 4.69) is 10.4 Å². The minimum Gasteiger partial charge on any atom is -0.396 e. The normalized spacial score (nSPS) is 12.5. The van der Waals surface area contributed by atoms with Crippen LogP contribution in [0.4, 0.5) is 0 Å². The molecule has 2 N–H and O–H groups in total. The van der Waals surface area contributed by atoms with Crippen molar-refractivity contribution >= 4 is 23.6 Å². The van der Waals surface area contributed by atoms with Crippen LogP contribution in [0.1, 0.15) is 24.6 Å². The highest BCUT2D eigenvalue weighted by Gasteiger charge is 2.13. The molecular weight excluding hydrogens is 314 g/mol. The summed E-state index contributed by atoms with van der Waals surface area (Å²) in [5.41, 5.74) is 2.31. The van der Waals surface area contributed by atoms with Crippen LogP contribution in [-0.4, -0.2) is 33.4 Å². The first-order chi connectivity index (χ1) is 11.0. The number of benzene rings is 1. The third-order valence-corrected chi connectivity index (χ3v) is 3.76. The number of amides is 1. The van der Waals surface area contributed by atoms with E-state index in [1.54, 1.807) is 10.8 Å². The van der Waals surface area contributed by atoms with Crippen LogP contribution in [0.2, 0.25) is 5.15 Å². The summed E-state index contributed by atoms with van der Waals surface area (Å²) < 4.78 is 1.64. The van der Waals surface area contributed by atoms with Crippen LogP contribution in [0, 0.1) is 6.92 Å². The highest BCUT2D eigenvalue weighted by molar-refractivity contribution is 6.31. The van der Waals surface area contributed by atoms with E-state index in [-0.39, 0.29) is 18.6 Å². The standard InChI is InChI=1S/C17H20ClN3O2/c1-12(10-11-22)19-16(23)9-8-15-13(2)20-21(17(15)18)14-6-4-3-5-7-14/h3-9,12,22H,10-11H2,1-2H3,(H,19,23)/b9-8+. The van der Waals surface area contributed by atoms with Gasteiger partial charge in [0.15, 0.2) is 0 Å². The average Bonchev–Trinajstić information content (AvgIpc) is 2.81. The van der Waals surface area contributed by atoms with E-state index in [1.807, 2.05) is 44.2 Å². The van der Waals surface area contributed by atoms with E-state index < -0.39 is 0 Å². The van der Waals surface area contributed by atoms with Gasteiger partial charge in [0.2, 0.25) is 5.91 Å². The van der Waals surface area contributed by atoms with Gasteiger partial charge in [-0.15, -0.1) is 0 Å². The van der Waals surface area contributed by atoms with Crippen molar-refractivity contribution in [2.75, 3.05) is 6.61 Å². The van der Waals surface area contributed by atoms with Crippen molar-refractivity contribution in [1.29, 1.82) is 0 Å². The van der Waals surface area contributed by atoms with E-state index in [1.165, 1.54) is 6.08 Å². The summed E-state index contributed by atoms with van der Waals surface area (Å²) in [6.45, 7) is 3.73. The van der Waals surface area contributed by atoms with E-state index in [9.17, 15) is 4.79 Å². The monoisotopic (exact) mass is 333 g/mol. The van der Waals surface area contributed by atoms with Crippen LogP contribution in [0.5, 0.6) is 0 Å². The summed E-state index contributed by atoms with van der Waals surface area (Å²) in [6, 6.07) is 9.49. The molecule has 1 atom stereocenters. The van der Waals surface area contributed by atoms with Crippen molar-refractivity contribution in [3.63, 3.8) is 0 Å². The fourth-order valence-corrected chi connectivity index (χ4v) is 2.49. The first kappa shape index (κ1) is 17.2. The fraction of sp³-hybridized carbons (Fsp3) is 0.294. The number of aryl methyl sites for hydroxylation is 1. The van der Waals surface area contributed by atoms with Crippen LogP contribution in [0.3, 0.4) is 0 Å². The summed E-state index contributed by atoms with van der Waals surface area (Å²) in [5.74, 6) is -0.228. The Kier molecular flexibility index (Phi) is 5.96. The van der Waals surface area contributed by atoms with Gasteiger partial charge in [-0.3, -0.25) is 4.79 Å². The Morgan fingerprint density at radius 2 is 2.13 bits per heavy atom. The quantitative estimate of drug-likeness (QED) is 0.799. The molecule has 0 radical (unpaired) electrons. The van der Waals surface area contributed by atoms with E-state index >= 15 is 0 Å². The minimum absolute atomic E-state index is 0.0416. The van der Waals surface area contributed by atoms with Crippen molar-refractivity contribution < 1.29 is 9.90 Å². The van der Waals surface area contributed by atoms with Crippen molar-refractivity contribution in [2.45, 2.75) is 26.3 Å². The Bertz CT molecular complexity index is 695. The zero-order valence-electron chi connectivity index (χ0n) is 13.2. The molecule has 0 bridgehead atoms. The molecule has 0 aliphatic rings. The largest absolute Gasteiger partial charge is 0.396 e. The zero-order valence-corrected chi connectivity index (χ0v) is 13.9. The zero-order chi connectivity index (χ0) is 16.8. The van der Waals surface area contributed by atoms with Gasteiger partial charge in [-0.25, -0.2) is 4.68 Å². The second-order valence-electron chi connectivity index (χ2n) is 5.29. The Balaban J connectivity index is 2.16. The number of rotatable bonds is 6. The molecule has 0 aliphatic carbocycles. The Hall–Kier alpha value is -2.11. The Morgan fingerprint density at radius 3 is 2.78 bits per heavy atom. The lowest BCUT2D eigenvalue weighted by molar-refractivity contribution is -0.117. The summed E-state index contributed by atoms with van der Waals surface area (Å²) in [5, 5.41) is 16.5. The number of nitrogens with one attached hydrogen (secondary N) is 1. The van der Waals surface area contributed by atoms with E-state index in [0.717, 1.165) is 11.4 Å². The maximum absolute atomic E-state index is 11.9. The number of halogens is 1. The number of carbonyl (C=O) groups excluding carboxylic acids is 1. The lowest BCUT2D eigenvalue weighted by Crippen LogP contribution is -2.31. The van der Waals surface area contributed by atoms with Gasteiger partial charge in [0.05, 0.1) is 11.4 Å². The van der Waals surface area contributed by atoms with Crippen LogP contribution in [-0.2, 0) is 4.79 Å². The molecule has 1 heterocycles. The van der Waals surface area contributed by atoms with Gasteiger partial charge < -0.3 is 10.4 Å². The molecule has 0 aliphatic heterocycles. The topological polar surface area (TPSA) is 67.2 Å². The predicted molar refractivity (Wildman–Crippen MR) is 91.7 cm³/mol. The van der Waals surface area contributed by atoms with Crippen LogP contribution in [0.15, 0.2) is 36.4 Å². The molecule has 5 nitrogen and oxygen atoms in total. The van der Waals surface area contributed by atoms with Crippen molar-refractivity contribution in [3.8, 4) is 5.69 Å². The lowest BCUT2D eigenvalue weighted by atomic mass is 10.2. The number of carbonyl (C=O) groups is 1. The molecule has 0 fully saturated rings. The smallest absolute Gasteiger partial charge is 0.244 e. The van der Waals surface area contributed by atoms with Gasteiger partial charge >= 0.3 is 0 Å². The first-order valence-electron chi connectivity index (χ1n) is 7.43. The maximum Gasteiger partial charge on any atom is 0.244 e. The number of nitrogens with zero attached hydrogens (tertiary/aromatic N) is 2. The molecule has 6 heteroatoms. The number of hydrogen-bond acceptors (Lipinski definition) is 3. The Labute approximate surface area is 140 Å². The lowest BCUT2D eigenvalue weighted by Gasteiger charge is -2.09. The fourth-order valence-electron chi connectivity index (χ4n) is 2.16. The second kappa shape index (κ2) is 7.94. The number of para-hydroxylation sites is 1. The predicted octanol–water partition coefficient (Wildman–Crippen LogP) is 2.73. The van der Waals surface area contributed by atoms with Gasteiger partial charge in [0.1, 0.15) is 5.15 Å². The molecule has 2 aromatic rings. The molecule has 122 valence electrons. The molecule has 1 amide bonds. The minimum atomic E-state index is -0.228. The Morgan fingerprint density at radius 1 is 1.43 bits per heavy atom. The van der Waals surface area contributed by atoms with E-state index in [0.29, 0.717) is 17.1 Å². The number of hydrogen-bond donors (Lipinski definition) is 2. The third-order valence-electron chi connectivity index (χ3n) is 3.40. The molecule has 2 rings (SSSR count). The van der Waals surface area contributed by atoms with Crippen molar-refractivity contribution in [3.05, 3.63) is 52.8 Å². The molecular formula is C17H20ClN3O2. The van der Waals surface area contributed by atoms with E-state index in [4.69, 9.17) is 16.7 Å². The third kappa shape index (κ3) is 4.43. The molecule has 1 unspecified atom stereocenters.